The lowest BCUT2D eigenvalue weighted by molar-refractivity contribution is -0.137. The van der Waals surface area contributed by atoms with Crippen LogP contribution >= 0.6 is 11.3 Å². The van der Waals surface area contributed by atoms with Gasteiger partial charge in [0.05, 0.1) is 0 Å². The van der Waals surface area contributed by atoms with Gasteiger partial charge in [-0.25, -0.2) is 4.98 Å². The SMILES string of the molecule is CC(C)(CCNC(=O)c1csc(CN)n1)CCC(=O)O. The second-order valence-electron chi connectivity index (χ2n) is 5.39. The van der Waals surface area contributed by atoms with Crippen LogP contribution in [-0.4, -0.2) is 28.5 Å². The Hall–Kier alpha value is -1.47. The fraction of sp³-hybridized carbons (Fsp3) is 0.615. The number of carbonyl (C=O) groups is 2. The normalized spacial score (nSPS) is 11.3. The van der Waals surface area contributed by atoms with Crippen molar-refractivity contribution in [2.45, 2.75) is 39.7 Å². The minimum Gasteiger partial charge on any atom is -0.481 e. The summed E-state index contributed by atoms with van der Waals surface area (Å²) < 4.78 is 0. The fourth-order valence-electron chi connectivity index (χ4n) is 1.68. The van der Waals surface area contributed by atoms with E-state index in [1.54, 1.807) is 5.38 Å². The van der Waals surface area contributed by atoms with Gasteiger partial charge in [-0.2, -0.15) is 0 Å². The van der Waals surface area contributed by atoms with Crippen molar-refractivity contribution in [3.63, 3.8) is 0 Å². The van der Waals surface area contributed by atoms with Crippen molar-refractivity contribution >= 4 is 23.2 Å². The number of amides is 1. The molecule has 0 bridgehead atoms. The molecule has 1 aromatic rings. The maximum Gasteiger partial charge on any atom is 0.303 e. The van der Waals surface area contributed by atoms with Crippen molar-refractivity contribution in [1.29, 1.82) is 0 Å². The highest BCUT2D eigenvalue weighted by molar-refractivity contribution is 7.09. The number of carboxylic acid groups (broad SMARTS) is 1. The summed E-state index contributed by atoms with van der Waals surface area (Å²) in [5, 5.41) is 13.9. The average molecular weight is 299 g/mol. The molecule has 0 aliphatic carbocycles. The van der Waals surface area contributed by atoms with Crippen LogP contribution < -0.4 is 11.1 Å². The predicted molar refractivity (Wildman–Crippen MR) is 77.6 cm³/mol. The number of aliphatic carboxylic acids is 1. The summed E-state index contributed by atoms with van der Waals surface area (Å²) in [6, 6.07) is 0. The van der Waals surface area contributed by atoms with Gasteiger partial charge in [0.15, 0.2) is 0 Å². The van der Waals surface area contributed by atoms with Crippen LogP contribution in [0.1, 0.15) is 48.6 Å². The van der Waals surface area contributed by atoms with E-state index in [4.69, 9.17) is 10.8 Å². The molecule has 1 amide bonds. The number of nitrogens with two attached hydrogens (primary N) is 1. The molecule has 0 fully saturated rings. The molecule has 6 nitrogen and oxygen atoms in total. The van der Waals surface area contributed by atoms with Crippen molar-refractivity contribution in [2.24, 2.45) is 11.1 Å². The van der Waals surface area contributed by atoms with Gasteiger partial charge in [0, 0.05) is 24.9 Å². The maximum absolute atomic E-state index is 11.8. The number of rotatable bonds is 8. The summed E-state index contributed by atoms with van der Waals surface area (Å²) in [5.41, 5.74) is 5.72. The zero-order valence-electron chi connectivity index (χ0n) is 11.8. The Labute approximate surface area is 122 Å². The van der Waals surface area contributed by atoms with Crippen LogP contribution in [0.4, 0.5) is 0 Å². The second kappa shape index (κ2) is 7.35. The largest absolute Gasteiger partial charge is 0.481 e. The lowest BCUT2D eigenvalue weighted by atomic mass is 9.84. The van der Waals surface area contributed by atoms with Gasteiger partial charge in [-0.3, -0.25) is 9.59 Å². The van der Waals surface area contributed by atoms with Gasteiger partial charge in [0.2, 0.25) is 0 Å². The third-order valence-corrected chi connectivity index (χ3v) is 3.93. The predicted octanol–water partition coefficient (Wildman–Crippen LogP) is 1.61. The van der Waals surface area contributed by atoms with Crippen LogP contribution in [0.3, 0.4) is 0 Å². The Kier molecular flexibility index (Phi) is 6.09. The van der Waals surface area contributed by atoms with Crippen molar-refractivity contribution in [3.05, 3.63) is 16.1 Å². The van der Waals surface area contributed by atoms with E-state index in [-0.39, 0.29) is 17.7 Å². The van der Waals surface area contributed by atoms with Gasteiger partial charge in [0.1, 0.15) is 10.7 Å². The highest BCUT2D eigenvalue weighted by Crippen LogP contribution is 2.26. The van der Waals surface area contributed by atoms with E-state index >= 15 is 0 Å². The first kappa shape index (κ1) is 16.6. The molecule has 0 spiro atoms. The Morgan fingerprint density at radius 3 is 2.70 bits per heavy atom. The maximum atomic E-state index is 11.8. The van der Waals surface area contributed by atoms with Crippen LogP contribution in [0.15, 0.2) is 5.38 Å². The molecular formula is C13H21N3O3S. The fourth-order valence-corrected chi connectivity index (χ4v) is 2.34. The van der Waals surface area contributed by atoms with E-state index in [0.717, 1.165) is 11.4 Å². The molecule has 0 aliphatic heterocycles. The topological polar surface area (TPSA) is 105 Å². The van der Waals surface area contributed by atoms with Crippen LogP contribution in [0.5, 0.6) is 0 Å². The molecular weight excluding hydrogens is 278 g/mol. The Balaban J connectivity index is 2.35. The zero-order chi connectivity index (χ0) is 15.2. The summed E-state index contributed by atoms with van der Waals surface area (Å²) in [5.74, 6) is -1.01. The van der Waals surface area contributed by atoms with E-state index in [1.165, 1.54) is 11.3 Å². The zero-order valence-corrected chi connectivity index (χ0v) is 12.6. The number of carbonyl (C=O) groups excluding carboxylic acids is 1. The Morgan fingerprint density at radius 1 is 1.45 bits per heavy atom. The summed E-state index contributed by atoms with van der Waals surface area (Å²) in [7, 11) is 0. The van der Waals surface area contributed by atoms with Crippen LogP contribution in [0, 0.1) is 5.41 Å². The highest BCUT2D eigenvalue weighted by atomic mass is 32.1. The van der Waals surface area contributed by atoms with E-state index in [9.17, 15) is 9.59 Å². The van der Waals surface area contributed by atoms with E-state index in [1.807, 2.05) is 13.8 Å². The monoisotopic (exact) mass is 299 g/mol. The lowest BCUT2D eigenvalue weighted by Gasteiger charge is -2.23. The molecule has 0 radical (unpaired) electrons. The van der Waals surface area contributed by atoms with Gasteiger partial charge < -0.3 is 16.2 Å². The quantitative estimate of drug-likeness (QED) is 0.676. The average Bonchev–Trinajstić information content (AvgIpc) is 2.85. The van der Waals surface area contributed by atoms with Gasteiger partial charge in [0.25, 0.3) is 5.91 Å². The van der Waals surface area contributed by atoms with Gasteiger partial charge >= 0.3 is 5.97 Å². The van der Waals surface area contributed by atoms with E-state index < -0.39 is 5.97 Å². The van der Waals surface area contributed by atoms with Gasteiger partial charge in [-0.1, -0.05) is 13.8 Å². The third-order valence-electron chi connectivity index (χ3n) is 3.06. The Bertz CT molecular complexity index is 471. The summed E-state index contributed by atoms with van der Waals surface area (Å²) >= 11 is 1.37. The summed E-state index contributed by atoms with van der Waals surface area (Å²) in [4.78, 5) is 26.5. The minimum absolute atomic E-state index is 0.115. The van der Waals surface area contributed by atoms with Crippen molar-refractivity contribution < 1.29 is 14.7 Å². The third kappa shape index (κ3) is 5.66. The molecule has 0 aromatic carbocycles. The number of nitrogens with zero attached hydrogens (tertiary/aromatic N) is 1. The number of hydrogen-bond acceptors (Lipinski definition) is 5. The first-order valence-corrected chi connectivity index (χ1v) is 7.36. The molecule has 1 heterocycles. The first-order chi connectivity index (χ1) is 9.34. The smallest absolute Gasteiger partial charge is 0.303 e. The molecule has 0 atom stereocenters. The molecule has 0 saturated carbocycles. The first-order valence-electron chi connectivity index (χ1n) is 6.48. The molecule has 112 valence electrons. The number of thiazole rings is 1. The molecule has 0 unspecified atom stereocenters. The van der Waals surface area contributed by atoms with Crippen molar-refractivity contribution in [1.82, 2.24) is 10.3 Å². The minimum atomic E-state index is -0.793. The van der Waals surface area contributed by atoms with Crippen LogP contribution in [-0.2, 0) is 11.3 Å². The lowest BCUT2D eigenvalue weighted by Crippen LogP contribution is -2.28. The second-order valence-corrected chi connectivity index (χ2v) is 6.34. The number of hydrogen-bond donors (Lipinski definition) is 3. The van der Waals surface area contributed by atoms with Crippen LogP contribution in [0.2, 0.25) is 0 Å². The summed E-state index contributed by atoms with van der Waals surface area (Å²) in [6.45, 7) is 4.83. The van der Waals surface area contributed by atoms with Crippen molar-refractivity contribution in [3.8, 4) is 0 Å². The number of carboxylic acids is 1. The molecule has 1 aromatic heterocycles. The van der Waals surface area contributed by atoms with Gasteiger partial charge in [-0.15, -0.1) is 11.3 Å². The molecule has 7 heteroatoms. The highest BCUT2D eigenvalue weighted by Gasteiger charge is 2.19. The van der Waals surface area contributed by atoms with Crippen molar-refractivity contribution in [2.75, 3.05) is 6.54 Å². The molecule has 20 heavy (non-hydrogen) atoms. The Morgan fingerprint density at radius 2 is 2.15 bits per heavy atom. The number of nitrogens with one attached hydrogen (secondary N) is 1. The molecule has 0 saturated heterocycles. The number of aromatic nitrogens is 1. The van der Waals surface area contributed by atoms with E-state index in [0.29, 0.717) is 25.2 Å². The molecule has 4 N–H and O–H groups in total. The summed E-state index contributed by atoms with van der Waals surface area (Å²) in [6.07, 6.45) is 1.46. The van der Waals surface area contributed by atoms with E-state index in [2.05, 4.69) is 10.3 Å². The standard InChI is InChI=1S/C13H21N3O3S/c1-13(2,4-3-11(17)18)5-6-15-12(19)9-8-20-10(7-14)16-9/h8H,3-7,14H2,1-2H3,(H,15,19)(H,17,18). The molecule has 0 aliphatic rings. The van der Waals surface area contributed by atoms with Crippen LogP contribution in [0.25, 0.3) is 0 Å². The molecule has 1 rings (SSSR count). The van der Waals surface area contributed by atoms with Gasteiger partial charge in [-0.05, 0) is 18.3 Å².